The first-order valence-corrected chi connectivity index (χ1v) is 6.02. The maximum absolute atomic E-state index is 10.7. The summed E-state index contributed by atoms with van der Waals surface area (Å²) in [6.45, 7) is 0.513. The molecule has 1 aromatic heterocycles. The highest BCUT2D eigenvalue weighted by Crippen LogP contribution is 2.22. The van der Waals surface area contributed by atoms with Crippen molar-refractivity contribution in [2.75, 3.05) is 6.61 Å². The zero-order valence-corrected chi connectivity index (χ0v) is 10.3. The summed E-state index contributed by atoms with van der Waals surface area (Å²) >= 11 is 0. The minimum Gasteiger partial charge on any atom is -0.396 e. The Balaban J connectivity index is 2.40. The Labute approximate surface area is 109 Å². The standard InChI is InChI=1S/C12H15N3O4/c16-6-2-1-5-14-11-4-3-9(15(18)19)7-10(11)13-12(14)8-17/h3-4,7,16-17H,1-2,5-6,8H2. The van der Waals surface area contributed by atoms with Crippen molar-refractivity contribution in [1.82, 2.24) is 9.55 Å². The molecule has 1 heterocycles. The van der Waals surface area contributed by atoms with Gasteiger partial charge in [-0.2, -0.15) is 0 Å². The summed E-state index contributed by atoms with van der Waals surface area (Å²) < 4.78 is 1.83. The Bertz CT molecular complexity index is 594. The SMILES string of the molecule is O=[N+]([O-])c1ccc2c(c1)nc(CO)n2CCCCO. The predicted molar refractivity (Wildman–Crippen MR) is 68.6 cm³/mol. The third kappa shape index (κ3) is 2.72. The van der Waals surface area contributed by atoms with Gasteiger partial charge in [-0.05, 0) is 18.9 Å². The van der Waals surface area contributed by atoms with E-state index in [1.807, 2.05) is 4.57 Å². The van der Waals surface area contributed by atoms with Crippen LogP contribution in [0.3, 0.4) is 0 Å². The molecular formula is C12H15N3O4. The van der Waals surface area contributed by atoms with Crippen LogP contribution in [0.2, 0.25) is 0 Å². The van der Waals surface area contributed by atoms with E-state index in [1.54, 1.807) is 6.07 Å². The Morgan fingerprint density at radius 1 is 1.32 bits per heavy atom. The highest BCUT2D eigenvalue weighted by atomic mass is 16.6. The first-order valence-electron chi connectivity index (χ1n) is 6.02. The summed E-state index contributed by atoms with van der Waals surface area (Å²) in [5.41, 5.74) is 1.24. The number of nitrogens with zero attached hydrogens (tertiary/aromatic N) is 3. The number of rotatable bonds is 6. The number of non-ortho nitro benzene ring substituents is 1. The largest absolute Gasteiger partial charge is 0.396 e. The molecule has 0 unspecified atom stereocenters. The van der Waals surface area contributed by atoms with Gasteiger partial charge in [0.25, 0.3) is 5.69 Å². The van der Waals surface area contributed by atoms with Gasteiger partial charge in [0.15, 0.2) is 0 Å². The molecule has 7 nitrogen and oxygen atoms in total. The highest BCUT2D eigenvalue weighted by molar-refractivity contribution is 5.78. The summed E-state index contributed by atoms with van der Waals surface area (Å²) in [6.07, 6.45) is 1.42. The van der Waals surface area contributed by atoms with Gasteiger partial charge >= 0.3 is 0 Å². The number of aliphatic hydroxyl groups is 2. The van der Waals surface area contributed by atoms with E-state index in [0.29, 0.717) is 24.3 Å². The smallest absolute Gasteiger partial charge is 0.271 e. The fraction of sp³-hybridized carbons (Fsp3) is 0.417. The number of nitro groups is 1. The van der Waals surface area contributed by atoms with E-state index < -0.39 is 4.92 Å². The van der Waals surface area contributed by atoms with Gasteiger partial charge in [-0.15, -0.1) is 0 Å². The third-order valence-electron chi connectivity index (χ3n) is 2.95. The second-order valence-corrected chi connectivity index (χ2v) is 4.20. The van der Waals surface area contributed by atoms with Crippen molar-refractivity contribution in [3.05, 3.63) is 34.1 Å². The normalized spacial score (nSPS) is 11.1. The predicted octanol–water partition coefficient (Wildman–Crippen LogP) is 1.21. The van der Waals surface area contributed by atoms with Crippen LogP contribution in [0.5, 0.6) is 0 Å². The number of hydrogen-bond donors (Lipinski definition) is 2. The van der Waals surface area contributed by atoms with Crippen molar-refractivity contribution in [2.45, 2.75) is 26.0 Å². The molecule has 0 atom stereocenters. The van der Waals surface area contributed by atoms with Crippen LogP contribution in [-0.2, 0) is 13.2 Å². The number of aromatic nitrogens is 2. The fourth-order valence-corrected chi connectivity index (χ4v) is 2.03. The first-order chi connectivity index (χ1) is 9.17. The van der Waals surface area contributed by atoms with Crippen LogP contribution in [0.4, 0.5) is 5.69 Å². The Kier molecular flexibility index (Phi) is 4.08. The van der Waals surface area contributed by atoms with Crippen molar-refractivity contribution < 1.29 is 15.1 Å². The van der Waals surface area contributed by atoms with Gasteiger partial charge < -0.3 is 14.8 Å². The van der Waals surface area contributed by atoms with Crippen LogP contribution < -0.4 is 0 Å². The van der Waals surface area contributed by atoms with Crippen LogP contribution in [0.15, 0.2) is 18.2 Å². The van der Waals surface area contributed by atoms with Gasteiger partial charge in [-0.25, -0.2) is 4.98 Å². The molecule has 2 N–H and O–H groups in total. The number of imidazole rings is 1. The molecule has 2 rings (SSSR count). The average molecular weight is 265 g/mol. The van der Waals surface area contributed by atoms with Crippen LogP contribution >= 0.6 is 0 Å². The van der Waals surface area contributed by atoms with Crippen LogP contribution in [0.25, 0.3) is 11.0 Å². The van der Waals surface area contributed by atoms with E-state index in [2.05, 4.69) is 4.98 Å². The molecule has 102 valence electrons. The number of nitro benzene ring substituents is 1. The van der Waals surface area contributed by atoms with Crippen molar-refractivity contribution in [1.29, 1.82) is 0 Å². The summed E-state index contributed by atoms with van der Waals surface area (Å²) in [5, 5.41) is 28.8. The van der Waals surface area contributed by atoms with E-state index >= 15 is 0 Å². The molecule has 0 bridgehead atoms. The quantitative estimate of drug-likeness (QED) is 0.464. The summed E-state index contributed by atoms with van der Waals surface area (Å²) in [4.78, 5) is 14.4. The molecule has 0 aliphatic heterocycles. The van der Waals surface area contributed by atoms with E-state index in [-0.39, 0.29) is 18.9 Å². The lowest BCUT2D eigenvalue weighted by Crippen LogP contribution is -2.04. The van der Waals surface area contributed by atoms with Crippen LogP contribution in [0.1, 0.15) is 18.7 Å². The lowest BCUT2D eigenvalue weighted by molar-refractivity contribution is -0.384. The molecule has 2 aromatic rings. The molecule has 0 radical (unpaired) electrons. The molecule has 7 heteroatoms. The third-order valence-corrected chi connectivity index (χ3v) is 2.95. The summed E-state index contributed by atoms with van der Waals surface area (Å²) in [5.74, 6) is 0.480. The van der Waals surface area contributed by atoms with Gasteiger partial charge in [-0.3, -0.25) is 10.1 Å². The Hall–Kier alpha value is -1.99. The van der Waals surface area contributed by atoms with Gasteiger partial charge in [0, 0.05) is 25.3 Å². The lowest BCUT2D eigenvalue weighted by atomic mass is 10.2. The van der Waals surface area contributed by atoms with E-state index in [1.165, 1.54) is 12.1 Å². The molecule has 0 saturated heterocycles. The molecule has 0 fully saturated rings. The lowest BCUT2D eigenvalue weighted by Gasteiger charge is -2.06. The number of aliphatic hydroxyl groups excluding tert-OH is 2. The van der Waals surface area contributed by atoms with Crippen LogP contribution in [0, 0.1) is 10.1 Å². The fourth-order valence-electron chi connectivity index (χ4n) is 2.03. The second kappa shape index (κ2) is 5.77. The summed E-state index contributed by atoms with van der Waals surface area (Å²) in [6, 6.07) is 4.46. The van der Waals surface area contributed by atoms with E-state index in [9.17, 15) is 15.2 Å². The van der Waals surface area contributed by atoms with Gasteiger partial charge in [-0.1, -0.05) is 0 Å². The van der Waals surface area contributed by atoms with Crippen molar-refractivity contribution in [3.8, 4) is 0 Å². The van der Waals surface area contributed by atoms with Crippen LogP contribution in [-0.4, -0.2) is 31.3 Å². The zero-order chi connectivity index (χ0) is 13.8. The topological polar surface area (TPSA) is 101 Å². The maximum Gasteiger partial charge on any atom is 0.271 e. The molecule has 1 aromatic carbocycles. The van der Waals surface area contributed by atoms with Gasteiger partial charge in [0.05, 0.1) is 16.0 Å². The van der Waals surface area contributed by atoms with Crippen molar-refractivity contribution >= 4 is 16.7 Å². The van der Waals surface area contributed by atoms with Crippen molar-refractivity contribution in [3.63, 3.8) is 0 Å². The molecule has 0 aliphatic rings. The summed E-state index contributed by atoms with van der Waals surface area (Å²) in [7, 11) is 0. The van der Waals surface area contributed by atoms with Gasteiger partial charge in [0.2, 0.25) is 0 Å². The first kappa shape index (κ1) is 13.4. The van der Waals surface area contributed by atoms with Gasteiger partial charge in [0.1, 0.15) is 12.4 Å². The zero-order valence-electron chi connectivity index (χ0n) is 10.3. The number of hydrogen-bond acceptors (Lipinski definition) is 5. The molecule has 19 heavy (non-hydrogen) atoms. The Morgan fingerprint density at radius 3 is 2.74 bits per heavy atom. The molecular weight excluding hydrogens is 250 g/mol. The number of fused-ring (bicyclic) bond motifs is 1. The van der Waals surface area contributed by atoms with E-state index in [4.69, 9.17) is 5.11 Å². The monoisotopic (exact) mass is 265 g/mol. The second-order valence-electron chi connectivity index (χ2n) is 4.20. The minimum atomic E-state index is -0.469. The van der Waals surface area contributed by atoms with Crippen molar-refractivity contribution in [2.24, 2.45) is 0 Å². The molecule has 0 amide bonds. The highest BCUT2D eigenvalue weighted by Gasteiger charge is 2.13. The Morgan fingerprint density at radius 2 is 2.11 bits per heavy atom. The average Bonchev–Trinajstić information content (AvgIpc) is 2.76. The van der Waals surface area contributed by atoms with E-state index in [0.717, 1.165) is 11.9 Å². The number of unbranched alkanes of at least 4 members (excludes halogenated alkanes) is 1. The maximum atomic E-state index is 10.7. The molecule has 0 aliphatic carbocycles. The number of benzene rings is 1. The number of aryl methyl sites for hydroxylation is 1. The molecule has 0 spiro atoms. The minimum absolute atomic E-state index is 0.0167. The molecule has 0 saturated carbocycles.